The number of rotatable bonds is 11. The van der Waals surface area contributed by atoms with Crippen LogP contribution in [0.4, 0.5) is 0 Å². The van der Waals surface area contributed by atoms with Gasteiger partial charge in [-0.25, -0.2) is 0 Å². The number of carbonyl (C=O) groups excluding carboxylic acids is 1. The van der Waals surface area contributed by atoms with E-state index in [1.54, 1.807) is 48.5 Å². The minimum atomic E-state index is -0.323. The highest BCUT2D eigenvalue weighted by Crippen LogP contribution is 2.55. The van der Waals surface area contributed by atoms with E-state index in [1.807, 2.05) is 0 Å². The molecule has 43 heavy (non-hydrogen) atoms. The van der Waals surface area contributed by atoms with Crippen LogP contribution in [0.15, 0.2) is 48.5 Å². The number of carbonyl (C=O) groups is 1. The summed E-state index contributed by atoms with van der Waals surface area (Å²) >= 11 is 0. The molecule has 0 heterocycles. The molecule has 0 aliphatic heterocycles. The minimum absolute atomic E-state index is 0.253. The van der Waals surface area contributed by atoms with Gasteiger partial charge in [-0.2, -0.15) is 0 Å². The maximum Gasteiger partial charge on any atom is 0.308 e. The summed E-state index contributed by atoms with van der Waals surface area (Å²) in [6.07, 6.45) is 5.42. The van der Waals surface area contributed by atoms with Gasteiger partial charge in [0.25, 0.3) is 0 Å². The van der Waals surface area contributed by atoms with Gasteiger partial charge >= 0.3 is 5.97 Å². The van der Waals surface area contributed by atoms with E-state index in [9.17, 15) is 9.90 Å². The second-order valence-corrected chi connectivity index (χ2v) is 13.6. The van der Waals surface area contributed by atoms with Crippen LogP contribution in [0.1, 0.15) is 60.3 Å². The molecular weight excluding hydrogens is 544 g/mol. The first-order valence-electron chi connectivity index (χ1n) is 16.2. The molecule has 0 spiro atoms. The molecule has 4 fully saturated rings. The first kappa shape index (κ1) is 31.6. The molecule has 4 bridgehead atoms. The molecule has 7 heteroatoms. The Balaban J connectivity index is 0.000000173. The van der Waals surface area contributed by atoms with Crippen molar-refractivity contribution in [1.29, 1.82) is 0 Å². The Labute approximate surface area is 257 Å². The van der Waals surface area contributed by atoms with E-state index in [1.165, 1.54) is 32.6 Å². The zero-order chi connectivity index (χ0) is 30.5. The largest absolute Gasteiger partial charge is 0.508 e. The Bertz CT molecular complexity index is 1160. The Morgan fingerprint density at radius 1 is 0.651 bits per heavy atom. The fourth-order valence-corrected chi connectivity index (χ4v) is 8.50. The van der Waals surface area contributed by atoms with Crippen LogP contribution in [0.2, 0.25) is 0 Å². The molecule has 10 atom stereocenters. The van der Waals surface area contributed by atoms with E-state index in [-0.39, 0.29) is 18.5 Å². The number of esters is 1. The summed E-state index contributed by atoms with van der Waals surface area (Å²) in [5.74, 6) is 10.3. The van der Waals surface area contributed by atoms with Gasteiger partial charge in [-0.3, -0.25) is 4.79 Å². The summed E-state index contributed by atoms with van der Waals surface area (Å²) in [7, 11) is 0. The Morgan fingerprint density at radius 3 is 1.47 bits per heavy atom. The lowest BCUT2D eigenvalue weighted by atomic mass is 9.76. The van der Waals surface area contributed by atoms with Crippen LogP contribution < -0.4 is 14.2 Å². The summed E-state index contributed by atoms with van der Waals surface area (Å²) in [6.45, 7) is 13.1. The fraction of sp³-hybridized carbons (Fsp3) is 0.639. The fourth-order valence-electron chi connectivity index (χ4n) is 8.50. The van der Waals surface area contributed by atoms with Gasteiger partial charge in [0.1, 0.15) is 23.0 Å². The number of benzene rings is 2. The first-order chi connectivity index (χ1) is 20.7. The number of hydrogen-bond donors (Lipinski definition) is 1. The molecule has 4 aliphatic rings. The third-order valence-electron chi connectivity index (χ3n) is 11.3. The SMILES string of the molecule is CC(=O)Oc1ccc(OCOCC2CC3CC2C(C)C3C)cc1.CC1C2CC(COCOc3ccc(O)cc3)C(C2)C1C. The maximum absolute atomic E-state index is 10.9. The lowest BCUT2D eigenvalue weighted by Gasteiger charge is -2.31. The molecule has 4 aliphatic carbocycles. The van der Waals surface area contributed by atoms with Gasteiger partial charge in [-0.15, -0.1) is 0 Å². The van der Waals surface area contributed by atoms with Crippen LogP contribution in [0, 0.1) is 59.2 Å². The van der Waals surface area contributed by atoms with Gasteiger partial charge in [0.15, 0.2) is 13.6 Å². The van der Waals surface area contributed by atoms with E-state index in [4.69, 9.17) is 23.7 Å². The van der Waals surface area contributed by atoms with Gasteiger partial charge in [0.2, 0.25) is 0 Å². The van der Waals surface area contributed by atoms with Crippen molar-refractivity contribution in [3.05, 3.63) is 48.5 Å². The molecule has 4 saturated carbocycles. The quantitative estimate of drug-likeness (QED) is 0.124. The lowest BCUT2D eigenvalue weighted by molar-refractivity contribution is -0.131. The van der Waals surface area contributed by atoms with Crippen molar-refractivity contribution in [3.8, 4) is 23.0 Å². The molecule has 0 saturated heterocycles. The third-order valence-corrected chi connectivity index (χ3v) is 11.3. The summed E-state index contributed by atoms with van der Waals surface area (Å²) in [6, 6.07) is 13.7. The minimum Gasteiger partial charge on any atom is -0.508 e. The Kier molecular flexibility index (Phi) is 10.6. The van der Waals surface area contributed by atoms with E-state index in [0.717, 1.165) is 78.0 Å². The third kappa shape index (κ3) is 7.85. The molecule has 2 aromatic carbocycles. The molecule has 236 valence electrons. The number of ether oxygens (including phenoxy) is 5. The summed E-state index contributed by atoms with van der Waals surface area (Å²) in [4.78, 5) is 10.9. The van der Waals surface area contributed by atoms with E-state index in [0.29, 0.717) is 18.5 Å². The van der Waals surface area contributed by atoms with Crippen LogP contribution in [-0.4, -0.2) is 37.9 Å². The van der Waals surface area contributed by atoms with Crippen molar-refractivity contribution < 1.29 is 33.6 Å². The highest BCUT2D eigenvalue weighted by Gasteiger charge is 2.49. The molecule has 0 aromatic heterocycles. The number of hydrogen-bond acceptors (Lipinski definition) is 7. The molecule has 0 radical (unpaired) electrons. The van der Waals surface area contributed by atoms with Crippen LogP contribution in [0.25, 0.3) is 0 Å². The first-order valence-corrected chi connectivity index (χ1v) is 16.2. The molecule has 7 nitrogen and oxygen atoms in total. The molecule has 1 N–H and O–H groups in total. The van der Waals surface area contributed by atoms with E-state index >= 15 is 0 Å². The zero-order valence-corrected chi connectivity index (χ0v) is 26.4. The van der Waals surface area contributed by atoms with Crippen LogP contribution in [-0.2, 0) is 14.3 Å². The van der Waals surface area contributed by atoms with E-state index < -0.39 is 0 Å². The summed E-state index contributed by atoms with van der Waals surface area (Å²) in [5.41, 5.74) is 0. The monoisotopic (exact) mass is 594 g/mol. The topological polar surface area (TPSA) is 83.5 Å². The average Bonchev–Trinajstić information content (AvgIpc) is 3.74. The standard InChI is InChI=1S/C19H26O4.C17H24O3/c1-12-13(2)19-9-15(12)8-16(19)10-21-11-22-17-4-6-18(7-5-17)23-14(3)20;1-11-12(2)17-8-13(11)7-14(17)9-19-10-20-16-5-3-15(18)4-6-16/h4-7,12-13,15-16,19H,8-11H2,1-3H3;3-6,11-14,17-18H,7-10H2,1-2H3. The van der Waals surface area contributed by atoms with Gasteiger partial charge in [-0.05, 0) is 133 Å². The lowest BCUT2D eigenvalue weighted by Crippen LogP contribution is -2.27. The summed E-state index contributed by atoms with van der Waals surface area (Å²) < 4.78 is 27.5. The normalized spacial score (nSPS) is 33.6. The Morgan fingerprint density at radius 2 is 1.07 bits per heavy atom. The second-order valence-electron chi connectivity index (χ2n) is 13.6. The zero-order valence-electron chi connectivity index (χ0n) is 26.4. The number of phenolic OH excluding ortho intramolecular Hbond substituents is 1. The average molecular weight is 595 g/mol. The smallest absolute Gasteiger partial charge is 0.308 e. The van der Waals surface area contributed by atoms with Crippen molar-refractivity contribution in [2.24, 2.45) is 59.2 Å². The van der Waals surface area contributed by atoms with Crippen molar-refractivity contribution >= 4 is 5.97 Å². The predicted octanol–water partition coefficient (Wildman–Crippen LogP) is 7.57. The molecular formula is C36H50O7. The van der Waals surface area contributed by atoms with Crippen molar-refractivity contribution in [2.45, 2.75) is 60.3 Å². The van der Waals surface area contributed by atoms with Crippen molar-refractivity contribution in [3.63, 3.8) is 0 Å². The van der Waals surface area contributed by atoms with Crippen molar-refractivity contribution in [1.82, 2.24) is 0 Å². The van der Waals surface area contributed by atoms with Gasteiger partial charge in [0, 0.05) is 6.92 Å². The number of phenols is 1. The van der Waals surface area contributed by atoms with Crippen LogP contribution >= 0.6 is 0 Å². The van der Waals surface area contributed by atoms with Crippen molar-refractivity contribution in [2.75, 3.05) is 26.8 Å². The number of aromatic hydroxyl groups is 1. The number of fused-ring (bicyclic) bond motifs is 4. The highest BCUT2D eigenvalue weighted by atomic mass is 16.7. The van der Waals surface area contributed by atoms with Gasteiger partial charge < -0.3 is 28.8 Å². The second kappa shape index (κ2) is 14.3. The van der Waals surface area contributed by atoms with Gasteiger partial charge in [-0.1, -0.05) is 27.7 Å². The highest BCUT2D eigenvalue weighted by molar-refractivity contribution is 5.69. The molecule has 2 aromatic rings. The Hall–Kier alpha value is -2.77. The molecule has 10 unspecified atom stereocenters. The van der Waals surface area contributed by atoms with Crippen LogP contribution in [0.5, 0.6) is 23.0 Å². The maximum atomic E-state index is 10.9. The molecule has 6 rings (SSSR count). The van der Waals surface area contributed by atoms with E-state index in [2.05, 4.69) is 27.7 Å². The summed E-state index contributed by atoms with van der Waals surface area (Å²) in [5, 5.41) is 9.19. The van der Waals surface area contributed by atoms with Gasteiger partial charge in [0.05, 0.1) is 13.2 Å². The molecule has 0 amide bonds. The van der Waals surface area contributed by atoms with Crippen LogP contribution in [0.3, 0.4) is 0 Å². The predicted molar refractivity (Wildman–Crippen MR) is 165 cm³/mol.